The van der Waals surface area contributed by atoms with E-state index in [-0.39, 0.29) is 12.0 Å². The number of aryl methyl sites for hydroxylation is 1. The Morgan fingerprint density at radius 3 is 2.67 bits per heavy atom. The van der Waals surface area contributed by atoms with Crippen LogP contribution in [0.15, 0.2) is 34.8 Å². The van der Waals surface area contributed by atoms with E-state index in [4.69, 9.17) is 16.3 Å². The molecule has 0 aliphatic carbocycles. The molecule has 2 aromatic rings. The van der Waals surface area contributed by atoms with E-state index in [1.807, 2.05) is 19.1 Å². The Bertz CT molecular complexity index is 661. The molecule has 2 aromatic carbocycles. The molecule has 0 radical (unpaired) electrons. The molecule has 0 aromatic heterocycles. The molecule has 2 rings (SSSR count). The van der Waals surface area contributed by atoms with Crippen LogP contribution in [0, 0.1) is 18.6 Å². The topological polar surface area (TPSA) is 9.23 Å². The van der Waals surface area contributed by atoms with Gasteiger partial charge in [0.05, 0.1) is 12.5 Å². The van der Waals surface area contributed by atoms with E-state index < -0.39 is 17.0 Å². The van der Waals surface area contributed by atoms with Crippen molar-refractivity contribution >= 4 is 27.5 Å². The van der Waals surface area contributed by atoms with E-state index in [0.717, 1.165) is 21.7 Å². The summed E-state index contributed by atoms with van der Waals surface area (Å²) in [5.74, 6) is -1.09. The maximum atomic E-state index is 13.7. The number of hydrogen-bond acceptors (Lipinski definition) is 1. The van der Waals surface area contributed by atoms with Crippen LogP contribution in [0.3, 0.4) is 0 Å². The number of ether oxygens (including phenoxy) is 1. The minimum absolute atomic E-state index is 0.178. The first-order chi connectivity index (χ1) is 9.93. The highest BCUT2D eigenvalue weighted by Crippen LogP contribution is 2.36. The van der Waals surface area contributed by atoms with Crippen LogP contribution in [-0.2, 0) is 6.42 Å². The highest BCUT2D eigenvalue weighted by atomic mass is 79.9. The summed E-state index contributed by atoms with van der Waals surface area (Å²) in [6.07, 6.45) is 0.178. The van der Waals surface area contributed by atoms with Gasteiger partial charge in [0.25, 0.3) is 0 Å². The van der Waals surface area contributed by atoms with Gasteiger partial charge in [0.2, 0.25) is 0 Å². The summed E-state index contributed by atoms with van der Waals surface area (Å²) in [6, 6.07) is 7.80. The molecule has 0 amide bonds. The summed E-state index contributed by atoms with van der Waals surface area (Å²) >= 11 is 9.82. The second-order valence-electron chi connectivity index (χ2n) is 4.73. The van der Waals surface area contributed by atoms with Crippen LogP contribution in [0.4, 0.5) is 8.78 Å². The van der Waals surface area contributed by atoms with Gasteiger partial charge < -0.3 is 4.74 Å². The van der Waals surface area contributed by atoms with Crippen molar-refractivity contribution in [2.75, 3.05) is 7.11 Å². The first-order valence-electron chi connectivity index (χ1n) is 6.35. The molecular formula is C16H14BrClF2O. The maximum Gasteiger partial charge on any atom is 0.162 e. The highest BCUT2D eigenvalue weighted by molar-refractivity contribution is 9.10. The van der Waals surface area contributed by atoms with Gasteiger partial charge in [-0.15, -0.1) is 11.6 Å². The normalized spacial score (nSPS) is 12.3. The molecule has 0 saturated heterocycles. The minimum atomic E-state index is -0.867. The first kappa shape index (κ1) is 16.2. The van der Waals surface area contributed by atoms with Crippen molar-refractivity contribution in [1.82, 2.24) is 0 Å². The van der Waals surface area contributed by atoms with Gasteiger partial charge in [0.15, 0.2) is 11.6 Å². The molecule has 0 heterocycles. The summed E-state index contributed by atoms with van der Waals surface area (Å²) < 4.78 is 33.2. The average Bonchev–Trinajstić information content (AvgIpc) is 2.46. The lowest BCUT2D eigenvalue weighted by atomic mass is 10.0. The Kier molecular flexibility index (Phi) is 5.22. The van der Waals surface area contributed by atoms with Crippen LogP contribution in [0.1, 0.15) is 22.1 Å². The Morgan fingerprint density at radius 2 is 2.00 bits per heavy atom. The molecule has 1 nitrogen and oxygen atoms in total. The lowest BCUT2D eigenvalue weighted by Crippen LogP contribution is -2.03. The lowest BCUT2D eigenvalue weighted by Gasteiger charge is -2.16. The molecule has 0 fully saturated rings. The molecular weight excluding hydrogens is 362 g/mol. The molecule has 5 heteroatoms. The molecule has 0 aliphatic rings. The third-order valence-corrected chi connectivity index (χ3v) is 4.52. The Balaban J connectivity index is 2.34. The first-order valence-corrected chi connectivity index (χ1v) is 7.58. The third-order valence-electron chi connectivity index (χ3n) is 3.28. The highest BCUT2D eigenvalue weighted by Gasteiger charge is 2.18. The van der Waals surface area contributed by atoms with Crippen LogP contribution in [0.2, 0.25) is 0 Å². The molecule has 0 aliphatic heterocycles. The van der Waals surface area contributed by atoms with Gasteiger partial charge in [-0.1, -0.05) is 28.1 Å². The molecule has 0 saturated carbocycles. The Morgan fingerprint density at radius 1 is 1.29 bits per heavy atom. The quantitative estimate of drug-likeness (QED) is 0.635. The summed E-state index contributed by atoms with van der Waals surface area (Å²) in [6.45, 7) is 1.94. The second kappa shape index (κ2) is 6.75. The predicted molar refractivity (Wildman–Crippen MR) is 84.1 cm³/mol. The minimum Gasteiger partial charge on any atom is -0.496 e. The number of rotatable bonds is 4. The van der Waals surface area contributed by atoms with Crippen molar-refractivity contribution in [2.45, 2.75) is 18.7 Å². The van der Waals surface area contributed by atoms with Crippen molar-refractivity contribution in [3.63, 3.8) is 0 Å². The number of methoxy groups -OCH3 is 1. The average molecular weight is 376 g/mol. The molecule has 1 unspecified atom stereocenters. The summed E-state index contributed by atoms with van der Waals surface area (Å²) in [5, 5.41) is -0.520. The number of benzene rings is 2. The molecule has 0 bridgehead atoms. The van der Waals surface area contributed by atoms with Gasteiger partial charge in [-0.05, 0) is 42.7 Å². The monoisotopic (exact) mass is 374 g/mol. The van der Waals surface area contributed by atoms with Crippen molar-refractivity contribution in [3.8, 4) is 5.75 Å². The van der Waals surface area contributed by atoms with E-state index in [9.17, 15) is 8.78 Å². The number of alkyl halides is 1. The van der Waals surface area contributed by atoms with Crippen molar-refractivity contribution < 1.29 is 13.5 Å². The van der Waals surface area contributed by atoms with Crippen LogP contribution in [0.25, 0.3) is 0 Å². The van der Waals surface area contributed by atoms with E-state index >= 15 is 0 Å². The smallest absolute Gasteiger partial charge is 0.162 e. The van der Waals surface area contributed by atoms with Gasteiger partial charge in [0, 0.05) is 10.0 Å². The maximum absolute atomic E-state index is 13.7. The van der Waals surface area contributed by atoms with Crippen molar-refractivity contribution in [1.29, 1.82) is 0 Å². The van der Waals surface area contributed by atoms with Crippen molar-refractivity contribution in [3.05, 3.63) is 63.1 Å². The number of hydrogen-bond donors (Lipinski definition) is 0. The van der Waals surface area contributed by atoms with Gasteiger partial charge in [-0.3, -0.25) is 0 Å². The zero-order valence-corrected chi connectivity index (χ0v) is 13.9. The SMILES string of the molecule is COc1cc(C)c(Br)cc1C(Cl)Cc1cccc(F)c1F. The van der Waals surface area contributed by atoms with Crippen LogP contribution >= 0.6 is 27.5 Å². The summed E-state index contributed by atoms with van der Waals surface area (Å²) in [5.41, 5.74) is 1.99. The summed E-state index contributed by atoms with van der Waals surface area (Å²) in [4.78, 5) is 0. The van der Waals surface area contributed by atoms with Gasteiger partial charge in [0.1, 0.15) is 5.75 Å². The van der Waals surface area contributed by atoms with E-state index in [2.05, 4.69) is 15.9 Å². The van der Waals surface area contributed by atoms with E-state index in [1.54, 1.807) is 7.11 Å². The van der Waals surface area contributed by atoms with Crippen LogP contribution < -0.4 is 4.74 Å². The van der Waals surface area contributed by atoms with Crippen LogP contribution in [0.5, 0.6) is 5.75 Å². The fourth-order valence-corrected chi connectivity index (χ4v) is 2.80. The van der Waals surface area contributed by atoms with Gasteiger partial charge in [-0.2, -0.15) is 0 Å². The predicted octanol–water partition coefficient (Wildman–Crippen LogP) is 5.57. The largest absolute Gasteiger partial charge is 0.496 e. The molecule has 112 valence electrons. The standard InChI is InChI=1S/C16H14BrClF2O/c1-9-6-15(21-2)11(8-12(9)17)13(18)7-10-4-3-5-14(19)16(10)20/h3-6,8,13H,7H2,1-2H3. The molecule has 0 spiro atoms. The van der Waals surface area contributed by atoms with Crippen LogP contribution in [-0.4, -0.2) is 7.11 Å². The third kappa shape index (κ3) is 3.55. The van der Waals surface area contributed by atoms with Gasteiger partial charge in [-0.25, -0.2) is 8.78 Å². The van der Waals surface area contributed by atoms with E-state index in [0.29, 0.717) is 5.75 Å². The molecule has 21 heavy (non-hydrogen) atoms. The second-order valence-corrected chi connectivity index (χ2v) is 6.11. The van der Waals surface area contributed by atoms with Crippen molar-refractivity contribution in [2.24, 2.45) is 0 Å². The fourth-order valence-electron chi connectivity index (χ4n) is 2.10. The Labute approximate surface area is 136 Å². The zero-order chi connectivity index (χ0) is 15.6. The van der Waals surface area contributed by atoms with E-state index in [1.165, 1.54) is 12.1 Å². The molecule has 0 N–H and O–H groups in total. The number of halogens is 4. The Hall–Kier alpha value is -1.13. The fraction of sp³-hybridized carbons (Fsp3) is 0.250. The zero-order valence-electron chi connectivity index (χ0n) is 11.6. The molecule has 1 atom stereocenters. The lowest BCUT2D eigenvalue weighted by molar-refractivity contribution is 0.408. The summed E-state index contributed by atoms with van der Waals surface area (Å²) in [7, 11) is 1.55. The van der Waals surface area contributed by atoms with Gasteiger partial charge >= 0.3 is 0 Å².